The molecule has 1 aliphatic heterocycles. The molecule has 1 saturated heterocycles. The van der Waals surface area contributed by atoms with E-state index in [-0.39, 0.29) is 6.10 Å². The Morgan fingerprint density at radius 1 is 1.55 bits per heavy atom. The molecule has 0 N–H and O–H groups in total. The molecule has 20 heavy (non-hydrogen) atoms. The molecule has 0 spiro atoms. The van der Waals surface area contributed by atoms with Crippen molar-refractivity contribution in [3.63, 3.8) is 0 Å². The van der Waals surface area contributed by atoms with E-state index >= 15 is 0 Å². The van der Waals surface area contributed by atoms with E-state index in [1.54, 1.807) is 26.0 Å². The molecule has 6 nitrogen and oxygen atoms in total. The zero-order chi connectivity index (χ0) is 14.8. The second-order valence-electron chi connectivity index (χ2n) is 4.97. The Hall–Kier alpha value is -1.65. The van der Waals surface area contributed by atoms with E-state index in [1.807, 2.05) is 6.07 Å². The summed E-state index contributed by atoms with van der Waals surface area (Å²) in [5, 5.41) is 8.38. The molecule has 0 saturated carbocycles. The van der Waals surface area contributed by atoms with Crippen molar-refractivity contribution in [1.29, 1.82) is 5.26 Å². The average molecular weight is 295 g/mol. The van der Waals surface area contributed by atoms with Gasteiger partial charge in [-0.25, -0.2) is 13.4 Å². The van der Waals surface area contributed by atoms with Gasteiger partial charge in [-0.05, 0) is 26.3 Å². The van der Waals surface area contributed by atoms with Crippen LogP contribution in [-0.4, -0.2) is 42.2 Å². The molecule has 108 valence electrons. The van der Waals surface area contributed by atoms with Crippen molar-refractivity contribution in [2.75, 3.05) is 13.1 Å². The van der Waals surface area contributed by atoms with E-state index in [0.29, 0.717) is 31.0 Å². The Labute approximate surface area is 119 Å². The van der Waals surface area contributed by atoms with Gasteiger partial charge in [0, 0.05) is 18.8 Å². The molecule has 1 atom stereocenters. The van der Waals surface area contributed by atoms with E-state index in [4.69, 9.17) is 10.00 Å². The normalized spacial score (nSPS) is 20.0. The molecule has 1 fully saturated rings. The highest BCUT2D eigenvalue weighted by atomic mass is 32.2. The van der Waals surface area contributed by atoms with E-state index in [9.17, 15) is 8.42 Å². The molecule has 0 aliphatic carbocycles. The predicted octanol–water partition coefficient (Wildman–Crippen LogP) is 1.14. The van der Waals surface area contributed by atoms with Gasteiger partial charge in [0.2, 0.25) is 15.9 Å². The van der Waals surface area contributed by atoms with Gasteiger partial charge in [-0.3, -0.25) is 0 Å². The second kappa shape index (κ2) is 5.77. The zero-order valence-electron chi connectivity index (χ0n) is 11.5. The summed E-state index contributed by atoms with van der Waals surface area (Å²) < 4.78 is 31.2. The highest BCUT2D eigenvalue weighted by Gasteiger charge is 2.34. The van der Waals surface area contributed by atoms with Gasteiger partial charge in [0.05, 0.1) is 23.4 Å². The number of pyridine rings is 1. The monoisotopic (exact) mass is 295 g/mol. The largest absolute Gasteiger partial charge is 0.473 e. The zero-order valence-corrected chi connectivity index (χ0v) is 12.3. The first-order chi connectivity index (χ1) is 9.43. The quantitative estimate of drug-likeness (QED) is 0.832. The summed E-state index contributed by atoms with van der Waals surface area (Å²) in [5.74, 6) is 0.359. The van der Waals surface area contributed by atoms with Gasteiger partial charge in [-0.15, -0.1) is 0 Å². The highest BCUT2D eigenvalue weighted by molar-refractivity contribution is 7.89. The van der Waals surface area contributed by atoms with Gasteiger partial charge in [-0.1, -0.05) is 0 Å². The van der Waals surface area contributed by atoms with Crippen LogP contribution in [0.25, 0.3) is 0 Å². The third-order valence-corrected chi connectivity index (χ3v) is 5.46. The van der Waals surface area contributed by atoms with E-state index < -0.39 is 15.3 Å². The van der Waals surface area contributed by atoms with Gasteiger partial charge in [0.1, 0.15) is 6.10 Å². The lowest BCUT2D eigenvalue weighted by Crippen LogP contribution is -2.35. The fourth-order valence-corrected chi connectivity index (χ4v) is 3.37. The van der Waals surface area contributed by atoms with E-state index in [2.05, 4.69) is 4.98 Å². The van der Waals surface area contributed by atoms with Gasteiger partial charge in [0.25, 0.3) is 0 Å². The molecular formula is C13H17N3O3S. The Balaban J connectivity index is 2.02. The lowest BCUT2D eigenvalue weighted by Gasteiger charge is -2.19. The summed E-state index contributed by atoms with van der Waals surface area (Å²) >= 11 is 0. The summed E-state index contributed by atoms with van der Waals surface area (Å²) in [5.41, 5.74) is 0.472. The molecule has 1 aromatic heterocycles. The first kappa shape index (κ1) is 14.8. The minimum Gasteiger partial charge on any atom is -0.473 e. The number of hydrogen-bond acceptors (Lipinski definition) is 5. The van der Waals surface area contributed by atoms with Crippen LogP contribution in [0.5, 0.6) is 5.88 Å². The molecule has 7 heteroatoms. The summed E-state index contributed by atoms with van der Waals surface area (Å²) in [6, 6.07) is 5.16. The summed E-state index contributed by atoms with van der Waals surface area (Å²) in [7, 11) is -3.23. The maximum atomic E-state index is 12.0. The van der Waals surface area contributed by atoms with Crippen LogP contribution in [0, 0.1) is 11.3 Å². The van der Waals surface area contributed by atoms with Crippen LogP contribution in [0.4, 0.5) is 0 Å². The van der Waals surface area contributed by atoms with Gasteiger partial charge >= 0.3 is 0 Å². The van der Waals surface area contributed by atoms with Crippen LogP contribution < -0.4 is 4.74 Å². The Kier molecular flexibility index (Phi) is 4.26. The van der Waals surface area contributed by atoms with Crippen molar-refractivity contribution in [3.05, 3.63) is 23.9 Å². The third kappa shape index (κ3) is 3.08. The van der Waals surface area contributed by atoms with E-state index in [0.717, 1.165) is 0 Å². The molecular weight excluding hydrogens is 278 g/mol. The molecule has 0 amide bonds. The number of sulfonamides is 1. The average Bonchev–Trinajstić information content (AvgIpc) is 2.88. The molecule has 1 aromatic rings. The molecule has 0 radical (unpaired) electrons. The smallest absolute Gasteiger partial charge is 0.216 e. The van der Waals surface area contributed by atoms with Crippen LogP contribution >= 0.6 is 0 Å². The Bertz CT molecular complexity index is 622. The van der Waals surface area contributed by atoms with Gasteiger partial charge in [-0.2, -0.15) is 9.57 Å². The number of ether oxygens (including phenoxy) is 1. The van der Waals surface area contributed by atoms with Crippen LogP contribution in [0.1, 0.15) is 25.8 Å². The molecule has 2 rings (SSSR count). The maximum Gasteiger partial charge on any atom is 0.216 e. The van der Waals surface area contributed by atoms with Crippen molar-refractivity contribution in [3.8, 4) is 11.9 Å². The number of nitrogens with zero attached hydrogens (tertiary/aromatic N) is 3. The second-order valence-corrected chi connectivity index (χ2v) is 7.46. The molecule has 2 heterocycles. The number of aromatic nitrogens is 1. The van der Waals surface area contributed by atoms with E-state index in [1.165, 1.54) is 10.5 Å². The first-order valence-electron chi connectivity index (χ1n) is 6.45. The highest BCUT2D eigenvalue weighted by Crippen LogP contribution is 2.21. The van der Waals surface area contributed by atoms with Gasteiger partial charge < -0.3 is 4.74 Å². The topological polar surface area (TPSA) is 83.3 Å². The fraction of sp³-hybridized carbons (Fsp3) is 0.538. The SMILES string of the molecule is CC(C)S(=O)(=O)N1CCC(Oc2cc(C#N)ccn2)C1. The van der Waals surface area contributed by atoms with Crippen molar-refractivity contribution in [2.24, 2.45) is 0 Å². The molecule has 0 bridgehead atoms. The minimum absolute atomic E-state index is 0.218. The summed E-state index contributed by atoms with van der Waals surface area (Å²) in [6.07, 6.45) is 1.92. The van der Waals surface area contributed by atoms with Crippen LogP contribution in [0.15, 0.2) is 18.3 Å². The Morgan fingerprint density at radius 3 is 2.95 bits per heavy atom. The van der Waals surface area contributed by atoms with Crippen LogP contribution in [-0.2, 0) is 10.0 Å². The van der Waals surface area contributed by atoms with Crippen molar-refractivity contribution >= 4 is 10.0 Å². The van der Waals surface area contributed by atoms with Crippen LogP contribution in [0.2, 0.25) is 0 Å². The lowest BCUT2D eigenvalue weighted by molar-refractivity contribution is 0.207. The van der Waals surface area contributed by atoms with Crippen LogP contribution in [0.3, 0.4) is 0 Å². The summed E-state index contributed by atoms with van der Waals surface area (Å²) in [4.78, 5) is 4.03. The minimum atomic E-state index is -3.23. The van der Waals surface area contributed by atoms with Crippen molar-refractivity contribution in [1.82, 2.24) is 9.29 Å². The third-order valence-electron chi connectivity index (χ3n) is 3.21. The summed E-state index contributed by atoms with van der Waals surface area (Å²) in [6.45, 7) is 4.13. The number of rotatable bonds is 4. The van der Waals surface area contributed by atoms with Gasteiger partial charge in [0.15, 0.2) is 0 Å². The van der Waals surface area contributed by atoms with Crippen molar-refractivity contribution < 1.29 is 13.2 Å². The first-order valence-corrected chi connectivity index (χ1v) is 7.95. The molecule has 0 aromatic carbocycles. The fourth-order valence-electron chi connectivity index (χ4n) is 2.04. The predicted molar refractivity (Wildman–Crippen MR) is 73.6 cm³/mol. The number of hydrogen-bond donors (Lipinski definition) is 0. The number of nitriles is 1. The standard InChI is InChI=1S/C13H17N3O3S/c1-10(2)20(17,18)16-6-4-12(9-16)19-13-7-11(8-14)3-5-15-13/h3,5,7,10,12H,4,6,9H2,1-2H3. The lowest BCUT2D eigenvalue weighted by atomic mass is 10.3. The molecule has 1 aliphatic rings. The van der Waals surface area contributed by atoms with Crippen molar-refractivity contribution in [2.45, 2.75) is 31.6 Å². The Morgan fingerprint density at radius 2 is 2.30 bits per heavy atom. The molecule has 1 unspecified atom stereocenters. The maximum absolute atomic E-state index is 12.0.